The lowest BCUT2D eigenvalue weighted by molar-refractivity contribution is 0.102. The van der Waals surface area contributed by atoms with E-state index in [1.54, 1.807) is 12.3 Å². The van der Waals surface area contributed by atoms with Gasteiger partial charge < -0.3 is 19.7 Å². The summed E-state index contributed by atoms with van der Waals surface area (Å²) in [4.78, 5) is 30.6. The molecule has 6 nitrogen and oxygen atoms in total. The first kappa shape index (κ1) is 22.8. The Hall–Kier alpha value is -2.97. The number of aromatic nitrogens is 1. The second-order valence-electron chi connectivity index (χ2n) is 8.83. The summed E-state index contributed by atoms with van der Waals surface area (Å²) in [5.41, 5.74) is 0.635. The number of rotatable bonds is 5. The first-order valence-corrected chi connectivity index (χ1v) is 11.9. The van der Waals surface area contributed by atoms with E-state index in [1.807, 2.05) is 9.47 Å². The molecule has 0 unspecified atom stereocenters. The molecular formula is C25H25ClF2N4O2. The molecule has 3 aromatic rings. The largest absolute Gasteiger partial charge is 0.367 e. The number of piperazine rings is 1. The van der Waals surface area contributed by atoms with Gasteiger partial charge in [-0.25, -0.2) is 8.78 Å². The third-order valence-corrected chi connectivity index (χ3v) is 6.94. The van der Waals surface area contributed by atoms with E-state index >= 15 is 4.39 Å². The molecule has 1 aliphatic heterocycles. The van der Waals surface area contributed by atoms with E-state index in [9.17, 15) is 14.0 Å². The number of amides is 1. The number of carbonyl (C=O) groups excluding carboxylic acids is 1. The SMILES string of the molecule is CCN1CCN(c2cc3c(cc2F)c(=O)c(C(=O)Nc2ccc(F)cc2Cl)cn3C2CC2)CC1. The van der Waals surface area contributed by atoms with Gasteiger partial charge in [0.1, 0.15) is 17.2 Å². The van der Waals surface area contributed by atoms with Crippen LogP contribution in [0.15, 0.2) is 41.3 Å². The van der Waals surface area contributed by atoms with Crippen LogP contribution in [0.1, 0.15) is 36.2 Å². The van der Waals surface area contributed by atoms with E-state index in [1.165, 1.54) is 18.2 Å². The van der Waals surface area contributed by atoms with Crippen LogP contribution in [0.5, 0.6) is 0 Å². The van der Waals surface area contributed by atoms with Crippen molar-refractivity contribution in [2.75, 3.05) is 42.9 Å². The van der Waals surface area contributed by atoms with Gasteiger partial charge >= 0.3 is 0 Å². The van der Waals surface area contributed by atoms with Crippen molar-refractivity contribution < 1.29 is 13.6 Å². The number of hydrogen-bond acceptors (Lipinski definition) is 4. The number of halogens is 3. The molecule has 2 fully saturated rings. The Morgan fingerprint density at radius 1 is 1.12 bits per heavy atom. The normalized spacial score (nSPS) is 16.8. The number of hydrogen-bond donors (Lipinski definition) is 1. The molecule has 0 atom stereocenters. The summed E-state index contributed by atoms with van der Waals surface area (Å²) in [7, 11) is 0. The van der Waals surface area contributed by atoms with Crippen LogP contribution in [0, 0.1) is 11.6 Å². The maximum atomic E-state index is 15.2. The van der Waals surface area contributed by atoms with Crippen molar-refractivity contribution in [3.05, 3.63) is 69.0 Å². The molecule has 1 N–H and O–H groups in total. The zero-order chi connectivity index (χ0) is 24.0. The van der Waals surface area contributed by atoms with Crippen molar-refractivity contribution in [1.29, 1.82) is 0 Å². The maximum absolute atomic E-state index is 15.2. The van der Waals surface area contributed by atoms with Gasteiger partial charge in [0.2, 0.25) is 5.43 Å². The van der Waals surface area contributed by atoms with Gasteiger partial charge in [0.25, 0.3) is 5.91 Å². The number of carbonyl (C=O) groups is 1. The Bertz CT molecular complexity index is 1330. The van der Waals surface area contributed by atoms with Gasteiger partial charge in [-0.1, -0.05) is 18.5 Å². The third-order valence-electron chi connectivity index (χ3n) is 6.63. The predicted molar refractivity (Wildman–Crippen MR) is 130 cm³/mol. The number of nitrogens with one attached hydrogen (secondary N) is 1. The Labute approximate surface area is 200 Å². The number of pyridine rings is 1. The Balaban J connectivity index is 1.54. The highest BCUT2D eigenvalue weighted by Crippen LogP contribution is 2.38. The fraction of sp³-hybridized carbons (Fsp3) is 0.360. The van der Waals surface area contributed by atoms with Crippen LogP contribution in [0.4, 0.5) is 20.2 Å². The summed E-state index contributed by atoms with van der Waals surface area (Å²) in [5, 5.41) is 2.76. The molecule has 1 aromatic heterocycles. The molecule has 0 radical (unpaired) electrons. The lowest BCUT2D eigenvalue weighted by Gasteiger charge is -2.35. The summed E-state index contributed by atoms with van der Waals surface area (Å²) in [5.74, 6) is -1.68. The summed E-state index contributed by atoms with van der Waals surface area (Å²) >= 11 is 6.02. The first-order chi connectivity index (χ1) is 16.4. The van der Waals surface area contributed by atoms with Crippen LogP contribution in [0.25, 0.3) is 10.9 Å². The number of benzene rings is 2. The highest BCUT2D eigenvalue weighted by atomic mass is 35.5. The summed E-state index contributed by atoms with van der Waals surface area (Å²) in [6.07, 6.45) is 3.39. The lowest BCUT2D eigenvalue weighted by Crippen LogP contribution is -2.46. The number of likely N-dealkylation sites (N-methyl/N-ethyl adjacent to an activating group) is 1. The van der Waals surface area contributed by atoms with Gasteiger partial charge in [-0.2, -0.15) is 0 Å². The van der Waals surface area contributed by atoms with Crippen LogP contribution < -0.4 is 15.6 Å². The van der Waals surface area contributed by atoms with Crippen molar-refractivity contribution in [2.45, 2.75) is 25.8 Å². The van der Waals surface area contributed by atoms with E-state index in [0.29, 0.717) is 24.3 Å². The molecule has 1 amide bonds. The minimum atomic E-state index is -0.671. The van der Waals surface area contributed by atoms with E-state index in [-0.39, 0.29) is 27.7 Å². The molecule has 2 heterocycles. The second kappa shape index (κ2) is 9.00. The van der Waals surface area contributed by atoms with Crippen LogP contribution in [0.3, 0.4) is 0 Å². The van der Waals surface area contributed by atoms with Crippen molar-refractivity contribution in [1.82, 2.24) is 9.47 Å². The van der Waals surface area contributed by atoms with Gasteiger partial charge in [0.05, 0.1) is 21.9 Å². The van der Waals surface area contributed by atoms with E-state index in [2.05, 4.69) is 17.1 Å². The fourth-order valence-corrected chi connectivity index (χ4v) is 4.72. The fourth-order valence-electron chi connectivity index (χ4n) is 4.50. The molecule has 2 aromatic carbocycles. The molecule has 34 heavy (non-hydrogen) atoms. The number of fused-ring (bicyclic) bond motifs is 1. The van der Waals surface area contributed by atoms with Crippen molar-refractivity contribution in [3.8, 4) is 0 Å². The van der Waals surface area contributed by atoms with Gasteiger partial charge in [-0.15, -0.1) is 0 Å². The van der Waals surface area contributed by atoms with Crippen LogP contribution in [-0.2, 0) is 0 Å². The van der Waals surface area contributed by atoms with Crippen molar-refractivity contribution in [2.24, 2.45) is 0 Å². The Morgan fingerprint density at radius 3 is 2.50 bits per heavy atom. The van der Waals surface area contributed by atoms with Crippen LogP contribution in [0.2, 0.25) is 5.02 Å². The lowest BCUT2D eigenvalue weighted by atomic mass is 10.1. The quantitative estimate of drug-likeness (QED) is 0.570. The maximum Gasteiger partial charge on any atom is 0.261 e. The first-order valence-electron chi connectivity index (χ1n) is 11.5. The predicted octanol–water partition coefficient (Wildman–Crippen LogP) is 4.66. The molecule has 9 heteroatoms. The topological polar surface area (TPSA) is 57.6 Å². The zero-order valence-corrected chi connectivity index (χ0v) is 19.5. The van der Waals surface area contributed by atoms with Crippen molar-refractivity contribution >= 4 is 39.8 Å². The average molecular weight is 487 g/mol. The highest BCUT2D eigenvalue weighted by Gasteiger charge is 2.28. The van der Waals surface area contributed by atoms with Gasteiger partial charge in [0, 0.05) is 43.8 Å². The molecule has 1 aliphatic carbocycles. The van der Waals surface area contributed by atoms with Crippen LogP contribution in [-0.4, -0.2) is 48.1 Å². The summed E-state index contributed by atoms with van der Waals surface area (Å²) in [6.45, 7) is 6.20. The van der Waals surface area contributed by atoms with Gasteiger partial charge in [-0.3, -0.25) is 9.59 Å². The summed E-state index contributed by atoms with van der Waals surface area (Å²) in [6, 6.07) is 6.72. The third kappa shape index (κ3) is 4.28. The zero-order valence-electron chi connectivity index (χ0n) is 18.8. The molecule has 5 rings (SSSR count). The second-order valence-corrected chi connectivity index (χ2v) is 9.24. The van der Waals surface area contributed by atoms with Gasteiger partial charge in [-0.05, 0) is 49.7 Å². The van der Waals surface area contributed by atoms with E-state index in [0.717, 1.165) is 38.5 Å². The molecule has 0 bridgehead atoms. The summed E-state index contributed by atoms with van der Waals surface area (Å²) < 4.78 is 30.5. The smallest absolute Gasteiger partial charge is 0.261 e. The number of nitrogens with zero attached hydrogens (tertiary/aromatic N) is 3. The van der Waals surface area contributed by atoms with E-state index < -0.39 is 23.0 Å². The van der Waals surface area contributed by atoms with E-state index in [4.69, 9.17) is 11.6 Å². The Morgan fingerprint density at radius 2 is 1.85 bits per heavy atom. The molecular weight excluding hydrogens is 462 g/mol. The average Bonchev–Trinajstić information content (AvgIpc) is 3.66. The standard InChI is InChI=1S/C25H25ClF2N4O2/c1-2-30-7-9-31(10-8-30)23-13-22-17(12-20(23)28)24(33)18(14-32(22)16-4-5-16)25(34)29-21-6-3-15(27)11-19(21)26/h3,6,11-14,16H,2,4-5,7-10H2,1H3,(H,29,34). The van der Waals surface area contributed by atoms with Crippen molar-refractivity contribution in [3.63, 3.8) is 0 Å². The van der Waals surface area contributed by atoms with Gasteiger partial charge in [0.15, 0.2) is 0 Å². The molecule has 1 saturated carbocycles. The molecule has 1 saturated heterocycles. The molecule has 0 spiro atoms. The highest BCUT2D eigenvalue weighted by molar-refractivity contribution is 6.33. The van der Waals surface area contributed by atoms with Crippen LogP contribution >= 0.6 is 11.6 Å². The Kier molecular flexibility index (Phi) is 6.04. The minimum absolute atomic E-state index is 0.0236. The molecule has 178 valence electrons. The number of anilines is 2. The minimum Gasteiger partial charge on any atom is -0.367 e. The molecule has 2 aliphatic rings. The monoisotopic (exact) mass is 486 g/mol.